The van der Waals surface area contributed by atoms with Crippen molar-refractivity contribution in [3.05, 3.63) is 36.7 Å². The third-order valence-electron chi connectivity index (χ3n) is 4.89. The molecule has 160 valence electrons. The zero-order valence-corrected chi connectivity index (χ0v) is 18.2. The quantitative estimate of drug-likeness (QED) is 0.339. The van der Waals surface area contributed by atoms with Crippen molar-refractivity contribution in [1.82, 2.24) is 9.97 Å². The van der Waals surface area contributed by atoms with Gasteiger partial charge >= 0.3 is 0 Å². The molecule has 0 spiro atoms. The van der Waals surface area contributed by atoms with Gasteiger partial charge in [0.25, 0.3) is 0 Å². The Bertz CT molecular complexity index is 659. The molecule has 0 aliphatic heterocycles. The molecule has 0 amide bonds. The summed E-state index contributed by atoms with van der Waals surface area (Å²) in [6, 6.07) is 7.94. The molecule has 1 aromatic heterocycles. The first-order chi connectivity index (χ1) is 14.2. The van der Waals surface area contributed by atoms with Gasteiger partial charge in [-0.05, 0) is 37.6 Å². The van der Waals surface area contributed by atoms with E-state index < -0.39 is 0 Å². The minimum Gasteiger partial charge on any atom is -0.494 e. The number of unbranched alkanes of at least 4 members (excludes halogenated alkanes) is 7. The smallest absolute Gasteiger partial charge is 0.159 e. The Hall–Kier alpha value is -2.14. The molecule has 1 heterocycles. The highest BCUT2D eigenvalue weighted by Crippen LogP contribution is 2.21. The van der Waals surface area contributed by atoms with Crippen LogP contribution in [0.3, 0.4) is 0 Å². The third-order valence-corrected chi connectivity index (χ3v) is 4.89. The molecule has 0 bridgehead atoms. The lowest BCUT2D eigenvalue weighted by Gasteiger charge is -2.11. The largest absolute Gasteiger partial charge is 0.494 e. The van der Waals surface area contributed by atoms with E-state index in [1.165, 1.54) is 44.9 Å². The van der Waals surface area contributed by atoms with Crippen LogP contribution in [0.5, 0.6) is 11.5 Å². The average molecular weight is 401 g/mol. The molecular formula is C24H36N2O3. The summed E-state index contributed by atoms with van der Waals surface area (Å²) in [5, 5.41) is 0. The lowest BCUT2D eigenvalue weighted by atomic mass is 10.1. The maximum atomic E-state index is 5.85. The van der Waals surface area contributed by atoms with Crippen molar-refractivity contribution in [2.75, 3.05) is 20.3 Å². The molecule has 5 nitrogen and oxygen atoms in total. The predicted octanol–water partition coefficient (Wildman–Crippen LogP) is 6.08. The van der Waals surface area contributed by atoms with E-state index in [2.05, 4.69) is 16.9 Å². The first-order valence-electron chi connectivity index (χ1n) is 10.9. The Kier molecular flexibility index (Phi) is 11.1. The lowest BCUT2D eigenvalue weighted by Crippen LogP contribution is -2.16. The van der Waals surface area contributed by atoms with Crippen LogP contribution in [0, 0.1) is 0 Å². The Balaban J connectivity index is 1.67. The molecule has 0 radical (unpaired) electrons. The van der Waals surface area contributed by atoms with Gasteiger partial charge in [0.15, 0.2) is 11.6 Å². The Labute approximate surface area is 175 Å². The van der Waals surface area contributed by atoms with Crippen molar-refractivity contribution in [3.8, 4) is 22.9 Å². The first kappa shape index (κ1) is 23.1. The van der Waals surface area contributed by atoms with Gasteiger partial charge in [-0.2, -0.15) is 0 Å². The van der Waals surface area contributed by atoms with Gasteiger partial charge in [0, 0.05) is 12.7 Å². The molecule has 2 aromatic rings. The Morgan fingerprint density at radius 2 is 1.41 bits per heavy atom. The Morgan fingerprint density at radius 3 is 2.03 bits per heavy atom. The summed E-state index contributed by atoms with van der Waals surface area (Å²) in [6.07, 6.45) is 13.9. The van der Waals surface area contributed by atoms with Gasteiger partial charge in [0.1, 0.15) is 12.4 Å². The summed E-state index contributed by atoms with van der Waals surface area (Å²) in [5.41, 5.74) is 0.959. The number of methoxy groups -OCH3 is 1. The molecule has 5 heteroatoms. The summed E-state index contributed by atoms with van der Waals surface area (Å²) < 4.78 is 16.6. The van der Waals surface area contributed by atoms with Gasteiger partial charge < -0.3 is 14.2 Å². The van der Waals surface area contributed by atoms with E-state index in [0.29, 0.717) is 18.2 Å². The van der Waals surface area contributed by atoms with Crippen LogP contribution in [-0.4, -0.2) is 36.4 Å². The molecule has 1 atom stereocenters. The summed E-state index contributed by atoms with van der Waals surface area (Å²) in [4.78, 5) is 8.77. The van der Waals surface area contributed by atoms with E-state index in [1.807, 2.05) is 31.2 Å². The summed E-state index contributed by atoms with van der Waals surface area (Å²) in [7, 11) is 1.66. The van der Waals surface area contributed by atoms with Gasteiger partial charge in [-0.3, -0.25) is 0 Å². The van der Waals surface area contributed by atoms with Gasteiger partial charge in [-0.15, -0.1) is 0 Å². The monoisotopic (exact) mass is 400 g/mol. The molecule has 0 fully saturated rings. The Morgan fingerprint density at radius 1 is 0.793 bits per heavy atom. The van der Waals surface area contributed by atoms with E-state index in [-0.39, 0.29) is 6.10 Å². The van der Waals surface area contributed by atoms with Crippen LogP contribution < -0.4 is 9.47 Å². The number of benzene rings is 1. The SMILES string of the molecule is CCCCCCCCCCOc1ccc(-c2ncc(OCC(C)OC)cn2)cc1. The van der Waals surface area contributed by atoms with Crippen LogP contribution in [0.4, 0.5) is 0 Å². The molecule has 1 aromatic carbocycles. The minimum absolute atomic E-state index is 0.0352. The number of hydrogen-bond acceptors (Lipinski definition) is 5. The second kappa shape index (κ2) is 13.9. The second-order valence-electron chi connectivity index (χ2n) is 7.45. The van der Waals surface area contributed by atoms with Crippen LogP contribution in [0.25, 0.3) is 11.4 Å². The minimum atomic E-state index is 0.0352. The van der Waals surface area contributed by atoms with Crippen molar-refractivity contribution in [2.45, 2.75) is 71.3 Å². The van der Waals surface area contributed by atoms with Gasteiger partial charge in [0.2, 0.25) is 0 Å². The number of ether oxygens (including phenoxy) is 3. The normalized spacial score (nSPS) is 12.0. The highest BCUT2D eigenvalue weighted by molar-refractivity contribution is 5.56. The second-order valence-corrected chi connectivity index (χ2v) is 7.45. The van der Waals surface area contributed by atoms with Gasteiger partial charge in [0.05, 0.1) is 25.1 Å². The molecule has 1 unspecified atom stereocenters. The maximum absolute atomic E-state index is 5.85. The molecule has 0 aliphatic rings. The molecule has 0 saturated carbocycles. The first-order valence-corrected chi connectivity index (χ1v) is 10.9. The summed E-state index contributed by atoms with van der Waals surface area (Å²) in [5.74, 6) is 2.21. The zero-order valence-electron chi connectivity index (χ0n) is 18.2. The fourth-order valence-corrected chi connectivity index (χ4v) is 2.95. The fourth-order valence-electron chi connectivity index (χ4n) is 2.95. The van der Waals surface area contributed by atoms with Crippen LogP contribution >= 0.6 is 0 Å². The molecule has 29 heavy (non-hydrogen) atoms. The van der Waals surface area contributed by atoms with E-state index in [4.69, 9.17) is 14.2 Å². The van der Waals surface area contributed by atoms with Crippen LogP contribution in [0.1, 0.15) is 65.2 Å². The van der Waals surface area contributed by atoms with Crippen LogP contribution in [-0.2, 0) is 4.74 Å². The highest BCUT2D eigenvalue weighted by Gasteiger charge is 2.05. The molecule has 0 saturated heterocycles. The predicted molar refractivity (Wildman–Crippen MR) is 118 cm³/mol. The zero-order chi connectivity index (χ0) is 20.7. The van der Waals surface area contributed by atoms with Crippen molar-refractivity contribution in [1.29, 1.82) is 0 Å². The van der Waals surface area contributed by atoms with Crippen molar-refractivity contribution >= 4 is 0 Å². The average Bonchev–Trinajstić information content (AvgIpc) is 2.77. The van der Waals surface area contributed by atoms with Crippen LogP contribution in [0.2, 0.25) is 0 Å². The molecule has 0 aliphatic carbocycles. The van der Waals surface area contributed by atoms with Gasteiger partial charge in [-0.1, -0.05) is 51.9 Å². The van der Waals surface area contributed by atoms with Crippen molar-refractivity contribution in [3.63, 3.8) is 0 Å². The van der Waals surface area contributed by atoms with Gasteiger partial charge in [-0.25, -0.2) is 9.97 Å². The maximum Gasteiger partial charge on any atom is 0.159 e. The van der Waals surface area contributed by atoms with E-state index in [1.54, 1.807) is 19.5 Å². The third kappa shape index (κ3) is 9.27. The standard InChI is InChI=1S/C24H36N2O3/c1-4-5-6-7-8-9-10-11-16-28-22-14-12-21(13-15-22)24-25-17-23(18-26-24)29-19-20(2)27-3/h12-15,17-18,20H,4-11,16,19H2,1-3H3. The van der Waals surface area contributed by atoms with E-state index in [0.717, 1.165) is 24.3 Å². The highest BCUT2D eigenvalue weighted by atomic mass is 16.5. The number of hydrogen-bond donors (Lipinski definition) is 0. The fraction of sp³-hybridized carbons (Fsp3) is 0.583. The molecule has 0 N–H and O–H groups in total. The van der Waals surface area contributed by atoms with E-state index >= 15 is 0 Å². The van der Waals surface area contributed by atoms with Crippen molar-refractivity contribution in [2.24, 2.45) is 0 Å². The summed E-state index contributed by atoms with van der Waals surface area (Å²) in [6.45, 7) is 5.46. The van der Waals surface area contributed by atoms with E-state index in [9.17, 15) is 0 Å². The molecular weight excluding hydrogens is 364 g/mol. The number of aromatic nitrogens is 2. The topological polar surface area (TPSA) is 53.5 Å². The summed E-state index contributed by atoms with van der Waals surface area (Å²) >= 11 is 0. The number of rotatable bonds is 15. The lowest BCUT2D eigenvalue weighted by molar-refractivity contribution is 0.0714. The number of nitrogens with zero attached hydrogens (tertiary/aromatic N) is 2. The molecule has 2 rings (SSSR count). The van der Waals surface area contributed by atoms with Crippen molar-refractivity contribution < 1.29 is 14.2 Å². The van der Waals surface area contributed by atoms with Crippen LogP contribution in [0.15, 0.2) is 36.7 Å².